The maximum atomic E-state index is 11.6. The Hall–Kier alpha value is -0.730. The van der Waals surface area contributed by atoms with E-state index in [0.717, 1.165) is 19.3 Å². The molecule has 3 N–H and O–H groups in total. The number of hydrogen-bond donors (Lipinski definition) is 3. The Morgan fingerprint density at radius 3 is 1.73 bits per heavy atom. The molecule has 0 saturated carbocycles. The zero-order chi connectivity index (χ0) is 22.3. The lowest BCUT2D eigenvalue weighted by Crippen LogP contribution is -2.34. The third-order valence-electron chi connectivity index (χ3n) is 4.98. The van der Waals surface area contributed by atoms with Gasteiger partial charge in [-0.15, -0.1) is 0 Å². The Labute approximate surface area is 183 Å². The number of aliphatic hydroxyl groups is 3. The summed E-state index contributed by atoms with van der Waals surface area (Å²) in [5, 5.41) is 26.8. The average Bonchev–Trinajstić information content (AvgIpc) is 2.75. The smallest absolute Gasteiger partial charge is 0.339 e. The molecule has 0 aliphatic rings. The summed E-state index contributed by atoms with van der Waals surface area (Å²) in [6, 6.07) is 0. The van der Waals surface area contributed by atoms with Crippen LogP contribution in [0.2, 0.25) is 0 Å². The minimum atomic E-state index is -1.59. The summed E-state index contributed by atoms with van der Waals surface area (Å²) in [6.45, 7) is 1.92. The van der Waals surface area contributed by atoms with Gasteiger partial charge >= 0.3 is 5.97 Å². The van der Waals surface area contributed by atoms with Crippen LogP contribution in [0.4, 0.5) is 0 Å². The van der Waals surface area contributed by atoms with Crippen molar-refractivity contribution in [2.24, 2.45) is 0 Å². The standard InChI is InChI=1S/C23H46O7/c1-2-3-4-5-6-7-8-9-10-11-12-13-14-15-17-29-22(20-28-18-16-24)30-23(27)21(26)19-25/h21-22,24-26H,2-20H2,1H3. The molecule has 0 bridgehead atoms. The fourth-order valence-electron chi connectivity index (χ4n) is 3.15. The van der Waals surface area contributed by atoms with Crippen molar-refractivity contribution in [2.75, 3.05) is 33.0 Å². The molecule has 7 nitrogen and oxygen atoms in total. The summed E-state index contributed by atoms with van der Waals surface area (Å²) in [4.78, 5) is 11.6. The summed E-state index contributed by atoms with van der Waals surface area (Å²) < 4.78 is 15.6. The molecular weight excluding hydrogens is 388 g/mol. The molecule has 0 spiro atoms. The van der Waals surface area contributed by atoms with Crippen molar-refractivity contribution in [2.45, 2.75) is 109 Å². The minimum absolute atomic E-state index is 0.0247. The molecular formula is C23H46O7. The second-order valence-corrected chi connectivity index (χ2v) is 7.83. The van der Waals surface area contributed by atoms with E-state index in [1.54, 1.807) is 0 Å². The van der Waals surface area contributed by atoms with Gasteiger partial charge in [-0.3, -0.25) is 0 Å². The first-order valence-corrected chi connectivity index (χ1v) is 11.9. The average molecular weight is 435 g/mol. The van der Waals surface area contributed by atoms with E-state index in [9.17, 15) is 9.90 Å². The normalized spacial score (nSPS) is 13.3. The van der Waals surface area contributed by atoms with Crippen LogP contribution in [-0.2, 0) is 19.0 Å². The monoisotopic (exact) mass is 434 g/mol. The summed E-state index contributed by atoms with van der Waals surface area (Å²) in [5.74, 6) is -0.948. The van der Waals surface area contributed by atoms with Crippen molar-refractivity contribution in [3.63, 3.8) is 0 Å². The molecule has 0 aliphatic carbocycles. The highest BCUT2D eigenvalue weighted by atomic mass is 16.7. The Morgan fingerprint density at radius 1 is 0.767 bits per heavy atom. The van der Waals surface area contributed by atoms with Gasteiger partial charge in [0, 0.05) is 0 Å². The molecule has 2 atom stereocenters. The fourth-order valence-corrected chi connectivity index (χ4v) is 3.15. The number of ether oxygens (including phenoxy) is 3. The first-order chi connectivity index (χ1) is 14.7. The van der Waals surface area contributed by atoms with E-state index < -0.39 is 25.0 Å². The Balaban J connectivity index is 3.61. The topological polar surface area (TPSA) is 105 Å². The number of carbonyl (C=O) groups is 1. The Bertz CT molecular complexity index is 365. The molecule has 0 heterocycles. The number of unbranched alkanes of at least 4 members (excludes halogenated alkanes) is 13. The highest BCUT2D eigenvalue weighted by Crippen LogP contribution is 2.13. The molecule has 0 radical (unpaired) electrons. The largest absolute Gasteiger partial charge is 0.431 e. The van der Waals surface area contributed by atoms with Crippen LogP contribution in [0.5, 0.6) is 0 Å². The molecule has 7 heteroatoms. The third kappa shape index (κ3) is 19.2. The lowest BCUT2D eigenvalue weighted by Gasteiger charge is -2.19. The van der Waals surface area contributed by atoms with Crippen LogP contribution in [0.15, 0.2) is 0 Å². The van der Waals surface area contributed by atoms with E-state index in [1.165, 1.54) is 70.6 Å². The fraction of sp³-hybridized carbons (Fsp3) is 0.957. The van der Waals surface area contributed by atoms with Gasteiger partial charge in [0.05, 0.1) is 26.4 Å². The zero-order valence-electron chi connectivity index (χ0n) is 19.1. The van der Waals surface area contributed by atoms with Gasteiger partial charge in [0.25, 0.3) is 0 Å². The van der Waals surface area contributed by atoms with Crippen molar-refractivity contribution in [3.05, 3.63) is 0 Å². The second-order valence-electron chi connectivity index (χ2n) is 7.83. The predicted molar refractivity (Wildman–Crippen MR) is 117 cm³/mol. The number of hydrogen-bond acceptors (Lipinski definition) is 7. The van der Waals surface area contributed by atoms with Gasteiger partial charge in [0.15, 0.2) is 6.10 Å². The van der Waals surface area contributed by atoms with Crippen molar-refractivity contribution >= 4 is 5.97 Å². The van der Waals surface area contributed by atoms with Crippen molar-refractivity contribution in [1.29, 1.82) is 0 Å². The molecule has 0 aromatic heterocycles. The first kappa shape index (κ1) is 29.3. The first-order valence-electron chi connectivity index (χ1n) is 11.9. The highest BCUT2D eigenvalue weighted by molar-refractivity contribution is 5.74. The molecule has 0 fully saturated rings. The van der Waals surface area contributed by atoms with Crippen LogP contribution in [0, 0.1) is 0 Å². The Kier molecular flexibility index (Phi) is 22.4. The lowest BCUT2D eigenvalue weighted by molar-refractivity contribution is -0.200. The van der Waals surface area contributed by atoms with Crippen LogP contribution in [0.3, 0.4) is 0 Å². The van der Waals surface area contributed by atoms with Crippen LogP contribution in [0.25, 0.3) is 0 Å². The second kappa shape index (κ2) is 22.9. The van der Waals surface area contributed by atoms with E-state index in [1.807, 2.05) is 0 Å². The minimum Gasteiger partial charge on any atom is -0.431 e. The zero-order valence-corrected chi connectivity index (χ0v) is 19.1. The van der Waals surface area contributed by atoms with Crippen molar-refractivity contribution < 1.29 is 34.3 Å². The van der Waals surface area contributed by atoms with Gasteiger partial charge in [0.2, 0.25) is 6.29 Å². The van der Waals surface area contributed by atoms with Gasteiger partial charge < -0.3 is 29.5 Å². The summed E-state index contributed by atoms with van der Waals surface area (Å²) >= 11 is 0. The number of rotatable bonds is 23. The van der Waals surface area contributed by atoms with Crippen LogP contribution < -0.4 is 0 Å². The van der Waals surface area contributed by atoms with Gasteiger partial charge in [-0.1, -0.05) is 90.4 Å². The molecule has 30 heavy (non-hydrogen) atoms. The Morgan fingerprint density at radius 2 is 1.27 bits per heavy atom. The number of aliphatic hydroxyl groups excluding tert-OH is 3. The van der Waals surface area contributed by atoms with Crippen LogP contribution in [-0.4, -0.2) is 66.7 Å². The molecule has 0 aliphatic heterocycles. The van der Waals surface area contributed by atoms with E-state index in [2.05, 4.69) is 6.92 Å². The van der Waals surface area contributed by atoms with Gasteiger partial charge in [-0.05, 0) is 6.42 Å². The summed E-state index contributed by atoms with van der Waals surface area (Å²) in [5.41, 5.74) is 0. The van der Waals surface area contributed by atoms with E-state index in [4.69, 9.17) is 24.4 Å². The number of esters is 1. The summed E-state index contributed by atoms with van der Waals surface area (Å²) in [7, 11) is 0. The third-order valence-corrected chi connectivity index (χ3v) is 4.98. The SMILES string of the molecule is CCCCCCCCCCCCCCCCOC(COCCO)OC(=O)C(O)CO. The van der Waals surface area contributed by atoms with Gasteiger partial charge in [-0.25, -0.2) is 4.79 Å². The summed E-state index contributed by atoms with van der Waals surface area (Å²) in [6.07, 6.45) is 15.3. The van der Waals surface area contributed by atoms with Crippen molar-refractivity contribution in [3.8, 4) is 0 Å². The van der Waals surface area contributed by atoms with E-state index >= 15 is 0 Å². The molecule has 0 amide bonds. The molecule has 0 aromatic rings. The predicted octanol–water partition coefficient (Wildman–Crippen LogP) is 3.72. The quantitative estimate of drug-likeness (QED) is 0.128. The molecule has 180 valence electrons. The van der Waals surface area contributed by atoms with E-state index in [-0.39, 0.29) is 19.8 Å². The maximum Gasteiger partial charge on any atom is 0.339 e. The highest BCUT2D eigenvalue weighted by Gasteiger charge is 2.21. The van der Waals surface area contributed by atoms with Crippen molar-refractivity contribution in [1.82, 2.24) is 0 Å². The molecule has 0 aromatic carbocycles. The van der Waals surface area contributed by atoms with Crippen LogP contribution in [0.1, 0.15) is 96.8 Å². The van der Waals surface area contributed by atoms with Gasteiger partial charge in [0.1, 0.15) is 6.61 Å². The van der Waals surface area contributed by atoms with Crippen LogP contribution >= 0.6 is 0 Å². The van der Waals surface area contributed by atoms with E-state index in [0.29, 0.717) is 6.61 Å². The molecule has 0 saturated heterocycles. The molecule has 2 unspecified atom stereocenters. The molecule has 0 rings (SSSR count). The maximum absolute atomic E-state index is 11.6. The number of carbonyl (C=O) groups excluding carboxylic acids is 1. The lowest BCUT2D eigenvalue weighted by atomic mass is 10.0. The van der Waals surface area contributed by atoms with Gasteiger partial charge in [-0.2, -0.15) is 0 Å².